The molecular formula is C16H32N2S. The van der Waals surface area contributed by atoms with E-state index in [-0.39, 0.29) is 0 Å². The second-order valence-corrected chi connectivity index (χ2v) is 8.29. The molecule has 3 heteroatoms. The molecule has 0 bridgehead atoms. The summed E-state index contributed by atoms with van der Waals surface area (Å²) in [5.74, 6) is 4.31. The minimum Gasteiger partial charge on any atom is -0.329 e. The van der Waals surface area contributed by atoms with Crippen molar-refractivity contribution in [1.82, 2.24) is 4.90 Å². The molecular weight excluding hydrogens is 252 g/mol. The zero-order valence-electron chi connectivity index (χ0n) is 13.0. The van der Waals surface area contributed by atoms with E-state index in [4.69, 9.17) is 5.73 Å². The van der Waals surface area contributed by atoms with Crippen LogP contribution in [0, 0.1) is 11.8 Å². The molecule has 2 rings (SSSR count). The minimum atomic E-state index is 0.318. The van der Waals surface area contributed by atoms with E-state index < -0.39 is 0 Å². The zero-order valence-corrected chi connectivity index (χ0v) is 13.8. The van der Waals surface area contributed by atoms with Crippen LogP contribution in [-0.4, -0.2) is 41.1 Å². The molecule has 2 aliphatic rings. The van der Waals surface area contributed by atoms with Gasteiger partial charge in [0.25, 0.3) is 0 Å². The maximum atomic E-state index is 6.28. The number of rotatable bonds is 4. The molecule has 112 valence electrons. The predicted octanol–water partition coefficient (Wildman–Crippen LogP) is 3.36. The molecule has 1 aliphatic heterocycles. The van der Waals surface area contributed by atoms with Gasteiger partial charge in [-0.3, -0.25) is 4.90 Å². The Morgan fingerprint density at radius 3 is 2.84 bits per heavy atom. The highest BCUT2D eigenvalue weighted by molar-refractivity contribution is 7.99. The second-order valence-electron chi connectivity index (χ2n) is 7.14. The molecule has 2 fully saturated rings. The highest BCUT2D eigenvalue weighted by Crippen LogP contribution is 2.41. The van der Waals surface area contributed by atoms with E-state index in [2.05, 4.69) is 37.4 Å². The molecule has 1 saturated heterocycles. The summed E-state index contributed by atoms with van der Waals surface area (Å²) in [6.07, 6.45) is 6.87. The molecule has 2 nitrogen and oxygen atoms in total. The fourth-order valence-corrected chi connectivity index (χ4v) is 5.34. The summed E-state index contributed by atoms with van der Waals surface area (Å²) in [5.41, 5.74) is 6.59. The Balaban J connectivity index is 2.07. The molecule has 19 heavy (non-hydrogen) atoms. The Morgan fingerprint density at radius 1 is 1.42 bits per heavy atom. The van der Waals surface area contributed by atoms with Crippen LogP contribution in [0.3, 0.4) is 0 Å². The lowest BCUT2D eigenvalue weighted by Gasteiger charge is -2.52. The van der Waals surface area contributed by atoms with Crippen LogP contribution in [0.1, 0.15) is 52.9 Å². The summed E-state index contributed by atoms with van der Waals surface area (Å²) >= 11 is 2.11. The smallest absolute Gasteiger partial charge is 0.0337 e. The third-order valence-corrected chi connectivity index (χ3v) is 6.27. The highest BCUT2D eigenvalue weighted by Gasteiger charge is 2.42. The van der Waals surface area contributed by atoms with Gasteiger partial charge in [0.1, 0.15) is 0 Å². The molecule has 3 atom stereocenters. The van der Waals surface area contributed by atoms with Crippen LogP contribution >= 0.6 is 11.8 Å². The van der Waals surface area contributed by atoms with E-state index in [1.165, 1.54) is 50.2 Å². The van der Waals surface area contributed by atoms with E-state index in [9.17, 15) is 0 Å². The lowest BCUT2D eigenvalue weighted by molar-refractivity contribution is 0.0124. The van der Waals surface area contributed by atoms with Gasteiger partial charge in [-0.05, 0) is 38.0 Å². The lowest BCUT2D eigenvalue weighted by atomic mass is 9.71. The Kier molecular flexibility index (Phi) is 5.62. The Bertz CT molecular complexity index is 282. The first kappa shape index (κ1) is 15.7. The Hall–Kier alpha value is 0.270. The van der Waals surface area contributed by atoms with Gasteiger partial charge in [0.05, 0.1) is 0 Å². The van der Waals surface area contributed by atoms with Gasteiger partial charge in [-0.2, -0.15) is 11.8 Å². The summed E-state index contributed by atoms with van der Waals surface area (Å²) in [6, 6.07) is 0.708. The maximum absolute atomic E-state index is 6.28. The van der Waals surface area contributed by atoms with Crippen molar-refractivity contribution in [3.63, 3.8) is 0 Å². The Labute approximate surface area is 123 Å². The largest absolute Gasteiger partial charge is 0.329 e. The van der Waals surface area contributed by atoms with Crippen LogP contribution in [0.4, 0.5) is 0 Å². The summed E-state index contributed by atoms with van der Waals surface area (Å²) in [5, 5.41) is 0. The first-order valence-electron chi connectivity index (χ1n) is 8.12. The van der Waals surface area contributed by atoms with Crippen molar-refractivity contribution in [2.75, 3.05) is 24.6 Å². The molecule has 0 aromatic carbocycles. The topological polar surface area (TPSA) is 29.3 Å². The van der Waals surface area contributed by atoms with Crippen LogP contribution in [0.5, 0.6) is 0 Å². The SMILES string of the molecule is CC(C)CC1CCCC(CN)(N2CCSCC2C)C1. The molecule has 0 radical (unpaired) electrons. The first-order valence-corrected chi connectivity index (χ1v) is 9.27. The second kappa shape index (κ2) is 6.82. The van der Waals surface area contributed by atoms with Gasteiger partial charge >= 0.3 is 0 Å². The molecule has 0 aromatic heterocycles. The number of nitrogens with two attached hydrogens (primary N) is 1. The quantitative estimate of drug-likeness (QED) is 0.858. The van der Waals surface area contributed by atoms with E-state index in [0.29, 0.717) is 11.6 Å². The third-order valence-electron chi connectivity index (χ3n) is 5.08. The van der Waals surface area contributed by atoms with E-state index in [0.717, 1.165) is 18.4 Å². The molecule has 3 unspecified atom stereocenters. The molecule has 2 N–H and O–H groups in total. The van der Waals surface area contributed by atoms with Gasteiger partial charge in [0.2, 0.25) is 0 Å². The summed E-state index contributed by atoms with van der Waals surface area (Å²) in [4.78, 5) is 2.77. The van der Waals surface area contributed by atoms with E-state index in [1.807, 2.05) is 0 Å². The molecule has 1 saturated carbocycles. The predicted molar refractivity (Wildman–Crippen MR) is 86.7 cm³/mol. The van der Waals surface area contributed by atoms with Gasteiger partial charge in [0.15, 0.2) is 0 Å². The third kappa shape index (κ3) is 3.68. The fourth-order valence-electron chi connectivity index (χ4n) is 4.32. The van der Waals surface area contributed by atoms with Gasteiger partial charge in [0, 0.05) is 36.2 Å². The average Bonchev–Trinajstić information content (AvgIpc) is 2.38. The van der Waals surface area contributed by atoms with Gasteiger partial charge in [-0.1, -0.05) is 26.7 Å². The van der Waals surface area contributed by atoms with Crippen molar-refractivity contribution >= 4 is 11.8 Å². The highest BCUT2D eigenvalue weighted by atomic mass is 32.2. The van der Waals surface area contributed by atoms with Crippen molar-refractivity contribution in [3.05, 3.63) is 0 Å². The number of hydrogen-bond acceptors (Lipinski definition) is 3. The van der Waals surface area contributed by atoms with Crippen LogP contribution in [0.2, 0.25) is 0 Å². The minimum absolute atomic E-state index is 0.318. The number of nitrogens with zero attached hydrogens (tertiary/aromatic N) is 1. The first-order chi connectivity index (χ1) is 9.07. The van der Waals surface area contributed by atoms with Crippen LogP contribution in [-0.2, 0) is 0 Å². The van der Waals surface area contributed by atoms with Crippen LogP contribution in [0.25, 0.3) is 0 Å². The van der Waals surface area contributed by atoms with E-state index in [1.54, 1.807) is 0 Å². The number of hydrogen-bond donors (Lipinski definition) is 1. The van der Waals surface area contributed by atoms with Crippen molar-refractivity contribution in [1.29, 1.82) is 0 Å². The normalized spacial score (nSPS) is 37.7. The van der Waals surface area contributed by atoms with Crippen LogP contribution < -0.4 is 5.73 Å². The molecule has 0 aromatic rings. The summed E-state index contributed by atoms with van der Waals surface area (Å²) < 4.78 is 0. The summed E-state index contributed by atoms with van der Waals surface area (Å²) in [6.45, 7) is 9.22. The van der Waals surface area contributed by atoms with Gasteiger partial charge < -0.3 is 5.73 Å². The van der Waals surface area contributed by atoms with Crippen molar-refractivity contribution in [3.8, 4) is 0 Å². The van der Waals surface area contributed by atoms with Crippen molar-refractivity contribution in [2.24, 2.45) is 17.6 Å². The number of thioether (sulfide) groups is 1. The molecule has 0 spiro atoms. The maximum Gasteiger partial charge on any atom is 0.0337 e. The van der Waals surface area contributed by atoms with Gasteiger partial charge in [-0.15, -0.1) is 0 Å². The fraction of sp³-hybridized carbons (Fsp3) is 1.00. The standard InChI is InChI=1S/C16H32N2S/c1-13(2)9-15-5-4-6-16(10-15,12-17)18-7-8-19-11-14(18)3/h13-15H,4-12,17H2,1-3H3. The average molecular weight is 285 g/mol. The molecule has 1 heterocycles. The monoisotopic (exact) mass is 284 g/mol. The molecule has 1 aliphatic carbocycles. The zero-order chi connectivity index (χ0) is 13.9. The van der Waals surface area contributed by atoms with Crippen LogP contribution in [0.15, 0.2) is 0 Å². The van der Waals surface area contributed by atoms with Gasteiger partial charge in [-0.25, -0.2) is 0 Å². The van der Waals surface area contributed by atoms with E-state index >= 15 is 0 Å². The summed E-state index contributed by atoms with van der Waals surface area (Å²) in [7, 11) is 0. The Morgan fingerprint density at radius 2 is 2.21 bits per heavy atom. The van der Waals surface area contributed by atoms with Crippen molar-refractivity contribution < 1.29 is 0 Å². The molecule has 0 amide bonds. The lowest BCUT2D eigenvalue weighted by Crippen LogP contribution is -2.61. The van der Waals surface area contributed by atoms with Crippen molar-refractivity contribution in [2.45, 2.75) is 64.5 Å².